The Kier molecular flexibility index (Phi) is 4.55. The molecule has 0 spiro atoms. The monoisotopic (exact) mass is 180 g/mol. The van der Waals surface area contributed by atoms with Crippen molar-refractivity contribution in [3.8, 4) is 0 Å². The molecule has 1 atom stereocenters. The summed E-state index contributed by atoms with van der Waals surface area (Å²) in [7, 11) is 0. The quantitative estimate of drug-likeness (QED) is 0.562. The van der Waals surface area contributed by atoms with Gasteiger partial charge in [0.15, 0.2) is 0 Å². The lowest BCUT2D eigenvalue weighted by Crippen LogP contribution is -2.22. The summed E-state index contributed by atoms with van der Waals surface area (Å²) >= 11 is 0. The van der Waals surface area contributed by atoms with Crippen molar-refractivity contribution in [1.82, 2.24) is 0 Å². The van der Waals surface area contributed by atoms with Crippen molar-refractivity contribution in [1.29, 1.82) is 0 Å². The molecule has 0 aromatic carbocycles. The summed E-state index contributed by atoms with van der Waals surface area (Å²) in [6.07, 6.45) is 10.7. The lowest BCUT2D eigenvalue weighted by Gasteiger charge is -2.32. The van der Waals surface area contributed by atoms with E-state index in [0.29, 0.717) is 0 Å². The molecule has 0 aromatic heterocycles. The average molecular weight is 180 g/mol. The Morgan fingerprint density at radius 1 is 1.23 bits per heavy atom. The van der Waals surface area contributed by atoms with Crippen LogP contribution in [0.2, 0.25) is 0 Å². The minimum Gasteiger partial charge on any atom is -0.103 e. The van der Waals surface area contributed by atoms with Crippen molar-refractivity contribution in [3.05, 3.63) is 12.7 Å². The summed E-state index contributed by atoms with van der Waals surface area (Å²) in [5.74, 6) is 2.73. The predicted molar refractivity (Wildman–Crippen MR) is 59.7 cm³/mol. The third kappa shape index (κ3) is 3.17. The van der Waals surface area contributed by atoms with Gasteiger partial charge in [0.2, 0.25) is 0 Å². The fourth-order valence-electron chi connectivity index (χ4n) is 2.76. The summed E-state index contributed by atoms with van der Waals surface area (Å²) < 4.78 is 0. The molecule has 1 fully saturated rings. The number of rotatable bonds is 4. The standard InChI is InChI=1S/C13H24/c1-4-8-13(11(2)3)12-9-6-5-7-10-12/h4,11-13H,1,5-10H2,2-3H3/t13-/m0/s1. The molecule has 0 saturated heterocycles. The van der Waals surface area contributed by atoms with Gasteiger partial charge in [0.1, 0.15) is 0 Å². The van der Waals surface area contributed by atoms with Crippen molar-refractivity contribution in [2.45, 2.75) is 52.4 Å². The first-order chi connectivity index (χ1) is 6.25. The highest BCUT2D eigenvalue weighted by Gasteiger charge is 2.24. The Bertz CT molecular complexity index is 140. The van der Waals surface area contributed by atoms with Crippen molar-refractivity contribution < 1.29 is 0 Å². The highest BCUT2D eigenvalue weighted by Crippen LogP contribution is 2.35. The van der Waals surface area contributed by atoms with Crippen LogP contribution in [0.15, 0.2) is 12.7 Å². The molecular weight excluding hydrogens is 156 g/mol. The van der Waals surface area contributed by atoms with Crippen molar-refractivity contribution in [2.75, 3.05) is 0 Å². The SMILES string of the molecule is C=CC[C@@H](C(C)C)C1CCCCC1. The zero-order valence-electron chi connectivity index (χ0n) is 9.26. The zero-order chi connectivity index (χ0) is 9.68. The molecule has 0 aromatic rings. The first-order valence-electron chi connectivity index (χ1n) is 5.86. The van der Waals surface area contributed by atoms with Gasteiger partial charge in [-0.15, -0.1) is 6.58 Å². The topological polar surface area (TPSA) is 0 Å². The van der Waals surface area contributed by atoms with E-state index in [1.54, 1.807) is 0 Å². The highest BCUT2D eigenvalue weighted by atomic mass is 14.3. The predicted octanol–water partition coefficient (Wildman–Crippen LogP) is 4.42. The minimum absolute atomic E-state index is 0.834. The maximum absolute atomic E-state index is 3.88. The van der Waals surface area contributed by atoms with E-state index in [1.807, 2.05) is 0 Å². The van der Waals surface area contributed by atoms with Crippen LogP contribution in [0.25, 0.3) is 0 Å². The molecule has 13 heavy (non-hydrogen) atoms. The average Bonchev–Trinajstić information content (AvgIpc) is 2.15. The summed E-state index contributed by atoms with van der Waals surface area (Å²) in [6, 6.07) is 0. The van der Waals surface area contributed by atoms with Gasteiger partial charge in [-0.3, -0.25) is 0 Å². The molecule has 0 heterocycles. The Balaban J connectivity index is 2.46. The molecule has 0 aliphatic heterocycles. The molecule has 1 rings (SSSR count). The second-order valence-electron chi connectivity index (χ2n) is 4.83. The van der Waals surface area contributed by atoms with Crippen molar-refractivity contribution >= 4 is 0 Å². The number of hydrogen-bond donors (Lipinski definition) is 0. The molecule has 1 aliphatic rings. The molecular formula is C13H24. The van der Waals surface area contributed by atoms with Crippen LogP contribution in [0, 0.1) is 17.8 Å². The molecule has 1 saturated carbocycles. The molecule has 0 bridgehead atoms. The summed E-state index contributed by atoms with van der Waals surface area (Å²) in [4.78, 5) is 0. The second kappa shape index (κ2) is 5.47. The van der Waals surface area contributed by atoms with Crippen LogP contribution in [0.4, 0.5) is 0 Å². The molecule has 0 amide bonds. The zero-order valence-corrected chi connectivity index (χ0v) is 9.26. The number of hydrogen-bond acceptors (Lipinski definition) is 0. The van der Waals surface area contributed by atoms with E-state index in [0.717, 1.165) is 17.8 Å². The van der Waals surface area contributed by atoms with Crippen LogP contribution >= 0.6 is 0 Å². The molecule has 0 radical (unpaired) electrons. The molecule has 0 heteroatoms. The Hall–Kier alpha value is -0.260. The lowest BCUT2D eigenvalue weighted by molar-refractivity contribution is 0.198. The van der Waals surface area contributed by atoms with E-state index in [-0.39, 0.29) is 0 Å². The van der Waals surface area contributed by atoms with Gasteiger partial charge in [-0.1, -0.05) is 52.0 Å². The highest BCUT2D eigenvalue weighted by molar-refractivity contribution is 4.82. The van der Waals surface area contributed by atoms with E-state index in [9.17, 15) is 0 Å². The van der Waals surface area contributed by atoms with Crippen LogP contribution in [0.3, 0.4) is 0 Å². The van der Waals surface area contributed by atoms with E-state index >= 15 is 0 Å². The van der Waals surface area contributed by atoms with Gasteiger partial charge >= 0.3 is 0 Å². The largest absolute Gasteiger partial charge is 0.103 e. The lowest BCUT2D eigenvalue weighted by atomic mass is 9.74. The van der Waals surface area contributed by atoms with Gasteiger partial charge in [-0.2, -0.15) is 0 Å². The summed E-state index contributed by atoms with van der Waals surface area (Å²) in [6.45, 7) is 8.61. The fraction of sp³-hybridized carbons (Fsp3) is 0.846. The summed E-state index contributed by atoms with van der Waals surface area (Å²) in [5, 5.41) is 0. The number of allylic oxidation sites excluding steroid dienone is 1. The normalized spacial score (nSPS) is 21.8. The van der Waals surface area contributed by atoms with E-state index in [2.05, 4.69) is 26.5 Å². The molecule has 76 valence electrons. The maximum atomic E-state index is 3.88. The third-order valence-corrected chi connectivity index (χ3v) is 3.55. The maximum Gasteiger partial charge on any atom is -0.0320 e. The van der Waals surface area contributed by atoms with Crippen molar-refractivity contribution in [2.24, 2.45) is 17.8 Å². The van der Waals surface area contributed by atoms with Gasteiger partial charge < -0.3 is 0 Å². The van der Waals surface area contributed by atoms with Crippen LogP contribution < -0.4 is 0 Å². The third-order valence-electron chi connectivity index (χ3n) is 3.55. The summed E-state index contributed by atoms with van der Waals surface area (Å²) in [5.41, 5.74) is 0. The van der Waals surface area contributed by atoms with Gasteiger partial charge in [-0.05, 0) is 24.2 Å². The van der Waals surface area contributed by atoms with E-state index in [4.69, 9.17) is 0 Å². The van der Waals surface area contributed by atoms with Gasteiger partial charge in [0.25, 0.3) is 0 Å². The Labute approximate surface area is 83.4 Å². The second-order valence-corrected chi connectivity index (χ2v) is 4.83. The fourth-order valence-corrected chi connectivity index (χ4v) is 2.76. The van der Waals surface area contributed by atoms with Crippen LogP contribution in [0.5, 0.6) is 0 Å². The van der Waals surface area contributed by atoms with Gasteiger partial charge in [-0.25, -0.2) is 0 Å². The minimum atomic E-state index is 0.834. The molecule has 1 aliphatic carbocycles. The Morgan fingerprint density at radius 3 is 2.31 bits per heavy atom. The van der Waals surface area contributed by atoms with Crippen LogP contribution in [0.1, 0.15) is 52.4 Å². The Morgan fingerprint density at radius 2 is 1.85 bits per heavy atom. The van der Waals surface area contributed by atoms with E-state index in [1.165, 1.54) is 38.5 Å². The van der Waals surface area contributed by atoms with Crippen LogP contribution in [-0.2, 0) is 0 Å². The molecule has 0 unspecified atom stereocenters. The molecule has 0 N–H and O–H groups in total. The first kappa shape index (κ1) is 10.8. The first-order valence-corrected chi connectivity index (χ1v) is 5.86. The van der Waals surface area contributed by atoms with Crippen molar-refractivity contribution in [3.63, 3.8) is 0 Å². The molecule has 0 nitrogen and oxygen atoms in total. The van der Waals surface area contributed by atoms with Gasteiger partial charge in [0.05, 0.1) is 0 Å². The van der Waals surface area contributed by atoms with Crippen LogP contribution in [-0.4, -0.2) is 0 Å². The van der Waals surface area contributed by atoms with Gasteiger partial charge in [0, 0.05) is 0 Å². The smallest absolute Gasteiger partial charge is 0.0320 e. The van der Waals surface area contributed by atoms with E-state index < -0.39 is 0 Å².